The molecule has 1 unspecified atom stereocenters. The Balaban J connectivity index is 1.37. The predicted octanol–water partition coefficient (Wildman–Crippen LogP) is 3.26. The molecule has 7 nitrogen and oxygen atoms in total. The van der Waals surface area contributed by atoms with Gasteiger partial charge in [0.15, 0.2) is 0 Å². The number of carbonyl (C=O) groups excluding carboxylic acids is 1. The molecule has 0 spiro atoms. The van der Waals surface area contributed by atoms with Crippen molar-refractivity contribution in [3.63, 3.8) is 0 Å². The monoisotopic (exact) mass is 430 g/mol. The lowest BCUT2D eigenvalue weighted by molar-refractivity contribution is -0.746. The molecule has 1 atom stereocenters. The van der Waals surface area contributed by atoms with Crippen LogP contribution in [0.15, 0.2) is 64.1 Å². The zero-order valence-corrected chi connectivity index (χ0v) is 16.4. The Morgan fingerprint density at radius 1 is 1.30 bits per heavy atom. The van der Waals surface area contributed by atoms with Crippen LogP contribution in [0.25, 0.3) is 0 Å². The van der Waals surface area contributed by atoms with Crippen molar-refractivity contribution in [2.75, 3.05) is 13.1 Å². The third kappa shape index (κ3) is 3.47. The Bertz CT molecular complexity index is 856. The first kappa shape index (κ1) is 18.1. The summed E-state index contributed by atoms with van der Waals surface area (Å²) in [6.07, 6.45) is 6.62. The molecule has 0 radical (unpaired) electrons. The molecule has 1 fully saturated rings. The van der Waals surface area contributed by atoms with Crippen molar-refractivity contribution in [3.8, 4) is 0 Å². The molecule has 1 amide bonds. The van der Waals surface area contributed by atoms with Gasteiger partial charge in [-0.05, 0) is 18.4 Å². The van der Waals surface area contributed by atoms with Crippen LogP contribution >= 0.6 is 15.9 Å². The predicted molar refractivity (Wildman–Crippen MR) is 106 cm³/mol. The summed E-state index contributed by atoms with van der Waals surface area (Å²) < 4.78 is 6.11. The average molecular weight is 431 g/mol. The van der Waals surface area contributed by atoms with E-state index in [0.29, 0.717) is 24.4 Å². The molecule has 27 heavy (non-hydrogen) atoms. The molecule has 1 aromatic carbocycles. The number of hydrogen-bond donors (Lipinski definition) is 1. The van der Waals surface area contributed by atoms with E-state index in [9.17, 15) is 4.79 Å². The molecule has 8 heteroatoms. The first-order valence-corrected chi connectivity index (χ1v) is 9.70. The van der Waals surface area contributed by atoms with Crippen LogP contribution < -0.4 is 5.84 Å². The van der Waals surface area contributed by atoms with Gasteiger partial charge in [0.25, 0.3) is 0 Å². The van der Waals surface area contributed by atoms with E-state index in [1.54, 1.807) is 23.5 Å². The van der Waals surface area contributed by atoms with E-state index in [1.165, 1.54) is 0 Å². The SMILES string of the molecule is N[N+]12C=CN=CC1=C(C1CCN(C(=O)OCc3ccccc3)CC1)N=C2Br. The number of rotatable bonds is 3. The fourth-order valence-electron chi connectivity index (χ4n) is 3.54. The molecule has 0 aromatic heterocycles. The molecular formula is C19H21BrN5O2+. The first-order valence-electron chi connectivity index (χ1n) is 8.91. The fraction of sp³-hybridized carbons (Fsp3) is 0.316. The molecule has 140 valence electrons. The summed E-state index contributed by atoms with van der Waals surface area (Å²) in [5, 5.41) is 0. The van der Waals surface area contributed by atoms with Crippen molar-refractivity contribution in [3.05, 3.63) is 59.7 Å². The summed E-state index contributed by atoms with van der Waals surface area (Å²) in [7, 11) is 0. The lowest BCUT2D eigenvalue weighted by atomic mass is 9.92. The highest BCUT2D eigenvalue weighted by Crippen LogP contribution is 2.37. The number of carbonyl (C=O) groups is 1. The molecule has 1 saturated heterocycles. The zero-order chi connectivity index (χ0) is 18.9. The van der Waals surface area contributed by atoms with E-state index >= 15 is 0 Å². The van der Waals surface area contributed by atoms with Gasteiger partial charge in [0.2, 0.25) is 5.70 Å². The van der Waals surface area contributed by atoms with Crippen molar-refractivity contribution >= 4 is 33.0 Å². The number of amides is 1. The smallest absolute Gasteiger partial charge is 0.410 e. The van der Waals surface area contributed by atoms with Gasteiger partial charge in [0.05, 0.1) is 12.4 Å². The second-order valence-electron chi connectivity index (χ2n) is 6.81. The highest BCUT2D eigenvalue weighted by Gasteiger charge is 2.44. The number of fused-ring (bicyclic) bond motifs is 1. The van der Waals surface area contributed by atoms with Gasteiger partial charge in [0, 0.05) is 34.9 Å². The van der Waals surface area contributed by atoms with Gasteiger partial charge in [-0.15, -0.1) is 4.59 Å². The number of likely N-dealkylation sites (tertiary alicyclic amines) is 1. The molecule has 0 saturated carbocycles. The normalized spacial score (nSPS) is 24.8. The minimum absolute atomic E-state index is 0.0260. The van der Waals surface area contributed by atoms with Crippen molar-refractivity contribution in [2.24, 2.45) is 21.7 Å². The quantitative estimate of drug-likeness (QED) is 0.453. The number of hydrogen-bond acceptors (Lipinski definition) is 5. The van der Waals surface area contributed by atoms with Crippen LogP contribution in [-0.4, -0.2) is 39.6 Å². The zero-order valence-electron chi connectivity index (χ0n) is 14.8. The van der Waals surface area contributed by atoms with E-state index in [2.05, 4.69) is 25.9 Å². The van der Waals surface area contributed by atoms with E-state index in [4.69, 9.17) is 10.6 Å². The summed E-state index contributed by atoms with van der Waals surface area (Å²) >= 11 is 3.48. The largest absolute Gasteiger partial charge is 0.445 e. The van der Waals surface area contributed by atoms with Crippen LogP contribution in [0.1, 0.15) is 18.4 Å². The molecule has 3 heterocycles. The fourth-order valence-corrected chi connectivity index (χ4v) is 4.04. The number of halogens is 1. The summed E-state index contributed by atoms with van der Waals surface area (Å²) in [5.41, 5.74) is 2.82. The number of ether oxygens (including phenoxy) is 1. The van der Waals surface area contributed by atoms with Crippen molar-refractivity contribution in [1.82, 2.24) is 4.90 Å². The Kier molecular flexibility index (Phi) is 4.94. The number of nitrogens with zero attached hydrogens (tertiary/aromatic N) is 4. The summed E-state index contributed by atoms with van der Waals surface area (Å²) in [6.45, 7) is 1.57. The molecular weight excluding hydrogens is 410 g/mol. The summed E-state index contributed by atoms with van der Waals surface area (Å²) in [4.78, 5) is 23.0. The Morgan fingerprint density at radius 2 is 2.04 bits per heavy atom. The number of piperidine rings is 1. The maximum Gasteiger partial charge on any atom is 0.410 e. The number of amidine groups is 1. The van der Waals surface area contributed by atoms with Crippen LogP contribution in [0.5, 0.6) is 0 Å². The molecule has 3 aliphatic rings. The number of aliphatic imine (C=N–C) groups is 2. The van der Waals surface area contributed by atoms with Gasteiger partial charge in [-0.25, -0.2) is 4.79 Å². The second-order valence-corrected chi connectivity index (χ2v) is 7.52. The molecule has 0 bridgehead atoms. The third-order valence-corrected chi connectivity index (χ3v) is 5.87. The topological polar surface area (TPSA) is 80.3 Å². The number of quaternary nitrogens is 1. The third-order valence-electron chi connectivity index (χ3n) is 5.11. The standard InChI is InChI=1S/C19H21BrN5O2/c20-18-23-17(16-12-22-8-11-25(16,18)21)15-6-9-24(10-7-15)19(26)27-13-14-4-2-1-3-5-14/h1-5,8,11-12,15H,6-7,9-10,13,21H2/q+1. The number of allylic oxidation sites excluding steroid dienone is 2. The molecule has 4 rings (SSSR count). The molecule has 1 aromatic rings. The highest BCUT2D eigenvalue weighted by atomic mass is 79.9. The number of nitrogens with two attached hydrogens (primary N) is 1. The Morgan fingerprint density at radius 3 is 2.78 bits per heavy atom. The minimum Gasteiger partial charge on any atom is -0.445 e. The van der Waals surface area contributed by atoms with Gasteiger partial charge >= 0.3 is 10.8 Å². The van der Waals surface area contributed by atoms with E-state index in [0.717, 1.165) is 29.8 Å². The van der Waals surface area contributed by atoms with Crippen LogP contribution in [0.3, 0.4) is 0 Å². The first-order chi connectivity index (χ1) is 13.1. The van der Waals surface area contributed by atoms with Crippen molar-refractivity contribution in [1.29, 1.82) is 0 Å². The van der Waals surface area contributed by atoms with E-state index in [-0.39, 0.29) is 16.6 Å². The lowest BCUT2D eigenvalue weighted by Crippen LogP contribution is -2.50. The maximum absolute atomic E-state index is 12.3. The van der Waals surface area contributed by atoms with Crippen LogP contribution in [0.2, 0.25) is 0 Å². The van der Waals surface area contributed by atoms with Gasteiger partial charge < -0.3 is 9.64 Å². The summed E-state index contributed by atoms with van der Waals surface area (Å²) in [5.74, 6) is 6.66. The van der Waals surface area contributed by atoms with Gasteiger partial charge in [-0.2, -0.15) is 10.8 Å². The van der Waals surface area contributed by atoms with Gasteiger partial charge in [-0.3, -0.25) is 4.99 Å². The van der Waals surface area contributed by atoms with Crippen molar-refractivity contribution < 1.29 is 14.1 Å². The Hall–Kier alpha value is -2.29. The molecule has 2 N–H and O–H groups in total. The maximum atomic E-state index is 12.3. The second kappa shape index (κ2) is 7.38. The minimum atomic E-state index is -0.267. The van der Waals surface area contributed by atoms with Crippen LogP contribution in [-0.2, 0) is 11.3 Å². The van der Waals surface area contributed by atoms with Crippen LogP contribution in [0, 0.1) is 5.92 Å². The van der Waals surface area contributed by atoms with E-state index < -0.39 is 0 Å². The number of benzene rings is 1. The van der Waals surface area contributed by atoms with E-state index in [1.807, 2.05) is 30.3 Å². The molecule has 3 aliphatic heterocycles. The lowest BCUT2D eigenvalue weighted by Gasteiger charge is -2.31. The van der Waals surface area contributed by atoms with Gasteiger partial charge in [-0.1, -0.05) is 30.3 Å². The molecule has 0 aliphatic carbocycles. The van der Waals surface area contributed by atoms with Gasteiger partial charge in [0.1, 0.15) is 18.5 Å². The average Bonchev–Trinajstić information content (AvgIpc) is 2.98. The van der Waals surface area contributed by atoms with Crippen LogP contribution in [0.4, 0.5) is 4.79 Å². The highest BCUT2D eigenvalue weighted by molar-refractivity contribution is 9.18. The summed E-state index contributed by atoms with van der Waals surface area (Å²) in [6, 6.07) is 9.70. The Labute approximate surface area is 166 Å². The van der Waals surface area contributed by atoms with Crippen molar-refractivity contribution in [2.45, 2.75) is 19.4 Å².